The van der Waals surface area contributed by atoms with Gasteiger partial charge in [-0.3, -0.25) is 19.5 Å². The van der Waals surface area contributed by atoms with Crippen molar-refractivity contribution >= 4 is 47.0 Å². The van der Waals surface area contributed by atoms with E-state index in [1.54, 1.807) is 10.9 Å². The molecule has 226 valence electrons. The number of nitrogens with zero attached hydrogens (tertiary/aromatic N) is 6. The van der Waals surface area contributed by atoms with Gasteiger partial charge in [-0.05, 0) is 50.0 Å². The fraction of sp³-hybridized carbons (Fsp3) is 0.484. The van der Waals surface area contributed by atoms with Gasteiger partial charge >= 0.3 is 0 Å². The summed E-state index contributed by atoms with van der Waals surface area (Å²) in [4.78, 5) is 26.8. The lowest BCUT2D eigenvalue weighted by atomic mass is 10.1. The molecule has 2 heterocycles. The summed E-state index contributed by atoms with van der Waals surface area (Å²) in [6.07, 6.45) is 16.7. The number of aliphatic imine (C=N–C) groups is 2. The second kappa shape index (κ2) is 21.5. The second-order valence-corrected chi connectivity index (χ2v) is 9.15. The molecule has 1 amide bonds. The summed E-state index contributed by atoms with van der Waals surface area (Å²) in [5, 5.41) is 20.2. The smallest absolute Gasteiger partial charge is 0.254 e. The van der Waals surface area contributed by atoms with Crippen LogP contribution in [-0.2, 0) is 7.05 Å². The third kappa shape index (κ3) is 12.4. The molecule has 2 aromatic rings. The Morgan fingerprint density at radius 1 is 1.07 bits per heavy atom. The quantitative estimate of drug-likeness (QED) is 0.143. The third-order valence-corrected chi connectivity index (χ3v) is 6.33. The maximum absolute atomic E-state index is 13.3. The predicted octanol–water partition coefficient (Wildman–Crippen LogP) is 5.72. The molecular weight excluding hydrogens is 540 g/mol. The Bertz CT molecular complexity index is 1130. The van der Waals surface area contributed by atoms with Crippen LogP contribution in [0.2, 0.25) is 0 Å². The average Bonchev–Trinajstić information content (AvgIpc) is 3.47. The van der Waals surface area contributed by atoms with E-state index >= 15 is 0 Å². The molecule has 1 aromatic carbocycles. The van der Waals surface area contributed by atoms with E-state index in [0.29, 0.717) is 35.9 Å². The van der Waals surface area contributed by atoms with Crippen LogP contribution in [0.1, 0.15) is 56.8 Å². The molecule has 2 N–H and O–H groups in total. The lowest BCUT2D eigenvalue weighted by Gasteiger charge is -2.35. The van der Waals surface area contributed by atoms with Gasteiger partial charge in [-0.1, -0.05) is 38.5 Å². The standard InChI is InChI=1S/C28H37ClN6O2.C2H6.CH4O/c1-3-23(9-8-12-29)20-31-26-11-10-24(19-27(26)30-13-6-4-5-7-18-36)28(37)35-16-14-34(15-17-35)25-21-32-33(2)22-25;2*1-2/h3,8-11,13,19-22,36H,4-7,12,14-18H2,1-2H3;1-2H3;2H,1H3/b9-8-,23-3+,30-13?,31-20?;;. The molecule has 10 heteroatoms. The van der Waals surface area contributed by atoms with Gasteiger partial charge < -0.3 is 20.0 Å². The number of unbranched alkanes of at least 4 members (excludes halogenated alkanes) is 3. The third-order valence-electron chi connectivity index (χ3n) is 6.15. The molecule has 0 spiro atoms. The van der Waals surface area contributed by atoms with Crippen molar-refractivity contribution < 1.29 is 15.0 Å². The Labute approximate surface area is 250 Å². The monoisotopic (exact) mass is 586 g/mol. The maximum Gasteiger partial charge on any atom is 0.254 e. The van der Waals surface area contributed by atoms with Crippen LogP contribution in [0.15, 0.2) is 64.4 Å². The van der Waals surface area contributed by atoms with Crippen LogP contribution in [-0.4, -0.2) is 89.0 Å². The number of hydrogen-bond acceptors (Lipinski definition) is 7. The molecule has 1 aliphatic rings. The number of hydrogen-bond donors (Lipinski definition) is 2. The van der Waals surface area contributed by atoms with Crippen molar-refractivity contribution in [1.29, 1.82) is 0 Å². The van der Waals surface area contributed by atoms with Crippen molar-refractivity contribution in [3.05, 3.63) is 60.0 Å². The zero-order valence-electron chi connectivity index (χ0n) is 25.2. The lowest BCUT2D eigenvalue weighted by molar-refractivity contribution is 0.0747. The van der Waals surface area contributed by atoms with Crippen molar-refractivity contribution in [1.82, 2.24) is 14.7 Å². The number of allylic oxidation sites excluding steroid dienone is 4. The molecule has 0 atom stereocenters. The van der Waals surface area contributed by atoms with Crippen molar-refractivity contribution in [2.75, 3.05) is 50.7 Å². The predicted molar refractivity (Wildman–Crippen MR) is 173 cm³/mol. The summed E-state index contributed by atoms with van der Waals surface area (Å²) >= 11 is 5.76. The zero-order valence-corrected chi connectivity index (χ0v) is 26.0. The number of aryl methyl sites for hydroxylation is 1. The number of amides is 1. The number of anilines is 1. The summed E-state index contributed by atoms with van der Waals surface area (Å²) in [5.74, 6) is 0.435. The number of carbonyl (C=O) groups excluding carboxylic acids is 1. The molecule has 0 unspecified atom stereocenters. The maximum atomic E-state index is 13.3. The normalized spacial score (nSPS) is 13.9. The zero-order chi connectivity index (χ0) is 30.5. The number of aliphatic hydroxyl groups excluding tert-OH is 2. The summed E-state index contributed by atoms with van der Waals surface area (Å²) in [6.45, 7) is 8.98. The van der Waals surface area contributed by atoms with E-state index in [1.807, 2.05) is 87.8 Å². The Kier molecular flexibility index (Phi) is 18.7. The van der Waals surface area contributed by atoms with E-state index in [0.717, 1.165) is 57.1 Å². The highest BCUT2D eigenvalue weighted by Crippen LogP contribution is 2.30. The van der Waals surface area contributed by atoms with E-state index in [2.05, 4.69) is 20.0 Å². The lowest BCUT2D eigenvalue weighted by Crippen LogP contribution is -2.48. The Morgan fingerprint density at radius 3 is 2.41 bits per heavy atom. The molecule has 1 saturated heterocycles. The SMILES string of the molecule is C/C=C(C=Nc1ccc(C(=O)N2CCN(c3cnn(C)c3)CC2)cc1N=CCCCCCO)\C=C/CCl.CC.CO. The fourth-order valence-electron chi connectivity index (χ4n) is 4.02. The van der Waals surface area contributed by atoms with Gasteiger partial charge in [0.1, 0.15) is 0 Å². The first-order valence-electron chi connectivity index (χ1n) is 14.2. The average molecular weight is 587 g/mol. The highest BCUT2D eigenvalue weighted by Gasteiger charge is 2.23. The van der Waals surface area contributed by atoms with E-state index in [1.165, 1.54) is 0 Å². The van der Waals surface area contributed by atoms with Gasteiger partial charge in [-0.15, -0.1) is 11.6 Å². The second-order valence-electron chi connectivity index (χ2n) is 8.84. The number of benzene rings is 1. The van der Waals surface area contributed by atoms with Crippen molar-refractivity contribution in [3.63, 3.8) is 0 Å². The Balaban J connectivity index is 0.00000201. The Morgan fingerprint density at radius 2 is 1.80 bits per heavy atom. The minimum absolute atomic E-state index is 0.0000454. The fourth-order valence-corrected chi connectivity index (χ4v) is 4.11. The highest BCUT2D eigenvalue weighted by molar-refractivity contribution is 6.19. The van der Waals surface area contributed by atoms with Gasteiger partial charge in [-0.2, -0.15) is 5.10 Å². The van der Waals surface area contributed by atoms with Gasteiger partial charge in [0.05, 0.1) is 23.3 Å². The van der Waals surface area contributed by atoms with Crippen molar-refractivity contribution in [3.8, 4) is 0 Å². The van der Waals surface area contributed by atoms with Gasteiger partial charge in [0, 0.05) is 77.0 Å². The van der Waals surface area contributed by atoms with Crippen molar-refractivity contribution in [2.24, 2.45) is 17.0 Å². The van der Waals surface area contributed by atoms with Crippen molar-refractivity contribution in [2.45, 2.75) is 46.5 Å². The number of aliphatic hydroxyl groups is 2. The first kappa shape index (κ1) is 35.8. The first-order chi connectivity index (χ1) is 20.0. The van der Waals surface area contributed by atoms with Crippen LogP contribution >= 0.6 is 11.6 Å². The molecule has 9 nitrogen and oxygen atoms in total. The minimum Gasteiger partial charge on any atom is -0.400 e. The van der Waals surface area contributed by atoms with Crippen LogP contribution in [0, 0.1) is 0 Å². The van der Waals surface area contributed by atoms with Gasteiger partial charge in [0.2, 0.25) is 0 Å². The van der Waals surface area contributed by atoms with Crippen LogP contribution in [0.4, 0.5) is 17.1 Å². The number of halogens is 1. The number of rotatable bonds is 12. The minimum atomic E-state index is -0.0000454. The molecule has 0 aliphatic carbocycles. The number of alkyl halides is 1. The van der Waals surface area contributed by atoms with Gasteiger partial charge in [0.25, 0.3) is 5.91 Å². The molecule has 1 fully saturated rings. The largest absolute Gasteiger partial charge is 0.400 e. The Hall–Kier alpha value is -3.27. The van der Waals surface area contributed by atoms with Gasteiger partial charge in [0.15, 0.2) is 0 Å². The molecule has 1 aromatic heterocycles. The summed E-state index contributed by atoms with van der Waals surface area (Å²) < 4.78 is 1.79. The molecule has 1 aliphatic heterocycles. The number of piperazine rings is 1. The van der Waals surface area contributed by atoms with E-state index in [-0.39, 0.29) is 12.5 Å². The summed E-state index contributed by atoms with van der Waals surface area (Å²) in [6, 6.07) is 5.51. The van der Waals surface area contributed by atoms with E-state index in [4.69, 9.17) is 21.8 Å². The van der Waals surface area contributed by atoms with Crippen LogP contribution < -0.4 is 4.90 Å². The molecule has 3 rings (SSSR count). The topological polar surface area (TPSA) is 107 Å². The molecule has 0 saturated carbocycles. The number of aromatic nitrogens is 2. The highest BCUT2D eigenvalue weighted by atomic mass is 35.5. The van der Waals surface area contributed by atoms with E-state index in [9.17, 15) is 4.79 Å². The summed E-state index contributed by atoms with van der Waals surface area (Å²) in [5.41, 5.74) is 3.98. The van der Waals surface area contributed by atoms with Crippen LogP contribution in [0.25, 0.3) is 0 Å². The molecule has 0 bridgehead atoms. The van der Waals surface area contributed by atoms with Gasteiger partial charge in [-0.25, -0.2) is 0 Å². The van der Waals surface area contributed by atoms with Crippen LogP contribution in [0.5, 0.6) is 0 Å². The van der Waals surface area contributed by atoms with E-state index < -0.39 is 0 Å². The first-order valence-corrected chi connectivity index (χ1v) is 14.8. The van der Waals surface area contributed by atoms with Crippen LogP contribution in [0.3, 0.4) is 0 Å². The summed E-state index contributed by atoms with van der Waals surface area (Å²) in [7, 11) is 2.90. The molecular formula is C31H47ClN6O3. The molecule has 41 heavy (non-hydrogen) atoms. The molecule has 0 radical (unpaired) electrons. The number of carbonyl (C=O) groups is 1.